The molecule has 1 fully saturated rings. The van der Waals surface area contributed by atoms with Crippen LogP contribution in [0.4, 0.5) is 0 Å². The Morgan fingerprint density at radius 1 is 1.35 bits per heavy atom. The van der Waals surface area contributed by atoms with E-state index in [1.807, 2.05) is 31.4 Å². The maximum absolute atomic E-state index is 9.55. The molecule has 1 aliphatic heterocycles. The van der Waals surface area contributed by atoms with Crippen molar-refractivity contribution in [2.45, 2.75) is 24.9 Å². The average molecular weight is 359 g/mol. The number of hydrogen-bond donors (Lipinski definition) is 2. The minimum atomic E-state index is -1.26. The van der Waals surface area contributed by atoms with Crippen LogP contribution in [0.1, 0.15) is 36.1 Å². The first-order valence-electron chi connectivity index (χ1n) is 8.17. The Hall–Kier alpha value is -2.69. The summed E-state index contributed by atoms with van der Waals surface area (Å²) in [6.45, 7) is 1.17. The van der Waals surface area contributed by atoms with E-state index in [2.05, 4.69) is 28.9 Å². The third kappa shape index (κ3) is 6.67. The highest BCUT2D eigenvalue weighted by Gasteiger charge is 2.23. The first kappa shape index (κ1) is 21.4. The van der Waals surface area contributed by atoms with Gasteiger partial charge in [0, 0.05) is 30.6 Å². The van der Waals surface area contributed by atoms with Crippen molar-refractivity contribution in [3.8, 4) is 12.3 Å². The molecule has 0 bridgehead atoms. The lowest BCUT2D eigenvalue weighted by Gasteiger charge is -2.23. The van der Waals surface area contributed by atoms with Gasteiger partial charge in [0.1, 0.15) is 0 Å². The zero-order chi connectivity index (χ0) is 19.7. The van der Waals surface area contributed by atoms with Crippen molar-refractivity contribution in [1.29, 1.82) is 0 Å². The van der Waals surface area contributed by atoms with Crippen molar-refractivity contribution >= 4 is 11.9 Å². The Labute approximate surface area is 154 Å². The smallest absolute Gasteiger partial charge is 0.328 e. The molecule has 0 saturated carbocycles. The number of likely N-dealkylation sites (tertiary alicyclic amines) is 1. The van der Waals surface area contributed by atoms with Gasteiger partial charge in [-0.1, -0.05) is 5.92 Å². The first-order valence-corrected chi connectivity index (χ1v) is 8.17. The summed E-state index contributed by atoms with van der Waals surface area (Å²) in [5.41, 5.74) is 2.40. The maximum atomic E-state index is 9.55. The van der Waals surface area contributed by atoms with E-state index in [1.165, 1.54) is 24.9 Å². The van der Waals surface area contributed by atoms with Crippen LogP contribution in [-0.4, -0.2) is 64.6 Å². The van der Waals surface area contributed by atoms with E-state index < -0.39 is 11.9 Å². The summed E-state index contributed by atoms with van der Waals surface area (Å²) in [4.78, 5) is 27.9. The average Bonchev–Trinajstić information content (AvgIpc) is 3.00. The number of terminal acetylenes is 1. The number of carboxylic acid groups (broad SMARTS) is 2. The third-order valence-corrected chi connectivity index (χ3v) is 4.04. The van der Waals surface area contributed by atoms with Gasteiger partial charge < -0.3 is 10.2 Å². The van der Waals surface area contributed by atoms with E-state index in [4.69, 9.17) is 16.6 Å². The van der Waals surface area contributed by atoms with Gasteiger partial charge in [-0.25, -0.2) is 9.59 Å². The lowest BCUT2D eigenvalue weighted by molar-refractivity contribution is -0.134. The summed E-state index contributed by atoms with van der Waals surface area (Å²) >= 11 is 0. The molecule has 7 nitrogen and oxygen atoms in total. The van der Waals surface area contributed by atoms with Crippen LogP contribution in [0, 0.1) is 12.3 Å². The van der Waals surface area contributed by atoms with E-state index >= 15 is 0 Å². The fraction of sp³-hybridized carbons (Fsp3) is 0.421. The zero-order valence-corrected chi connectivity index (χ0v) is 15.3. The second kappa shape index (κ2) is 10.3. The van der Waals surface area contributed by atoms with Crippen LogP contribution in [0.3, 0.4) is 0 Å². The number of nitrogens with zero attached hydrogens (tertiary/aromatic N) is 3. The number of aliphatic carboxylic acids is 2. The molecule has 0 radical (unpaired) electrons. The quantitative estimate of drug-likeness (QED) is 0.611. The van der Waals surface area contributed by atoms with Gasteiger partial charge >= 0.3 is 11.9 Å². The second-order valence-electron chi connectivity index (χ2n) is 6.23. The molecule has 0 aromatic carbocycles. The van der Waals surface area contributed by atoms with Crippen molar-refractivity contribution in [1.82, 2.24) is 14.8 Å². The SMILES string of the molecule is C#CC(c1cncc(C2CCCN2C)c1)N(C)C.O=C(O)C=CC(=O)O. The Kier molecular flexibility index (Phi) is 8.49. The summed E-state index contributed by atoms with van der Waals surface area (Å²) in [5.74, 6) is 0.305. The normalized spacial score (nSPS) is 18.2. The number of pyridine rings is 1. The van der Waals surface area contributed by atoms with Gasteiger partial charge in [-0.05, 0) is 57.7 Å². The summed E-state index contributed by atoms with van der Waals surface area (Å²) in [6.07, 6.45) is 13.0. The molecular formula is C19H25N3O4. The highest BCUT2D eigenvalue weighted by molar-refractivity contribution is 5.89. The molecule has 1 saturated heterocycles. The number of hydrogen-bond acceptors (Lipinski definition) is 5. The van der Waals surface area contributed by atoms with E-state index in [9.17, 15) is 9.59 Å². The maximum Gasteiger partial charge on any atom is 0.328 e. The molecular weight excluding hydrogens is 334 g/mol. The number of carboxylic acids is 2. The van der Waals surface area contributed by atoms with Crippen LogP contribution in [0.25, 0.3) is 0 Å². The van der Waals surface area contributed by atoms with Crippen LogP contribution in [0.2, 0.25) is 0 Å². The molecule has 1 aliphatic rings. The molecule has 2 N–H and O–H groups in total. The molecule has 7 heteroatoms. The van der Waals surface area contributed by atoms with Crippen LogP contribution < -0.4 is 0 Å². The number of aromatic nitrogens is 1. The van der Waals surface area contributed by atoms with Crippen molar-refractivity contribution in [3.05, 3.63) is 41.7 Å². The van der Waals surface area contributed by atoms with E-state index in [1.54, 1.807) is 0 Å². The lowest BCUT2D eigenvalue weighted by atomic mass is 10.0. The Balaban J connectivity index is 0.000000359. The van der Waals surface area contributed by atoms with E-state index in [0.717, 1.165) is 5.56 Å². The molecule has 1 aromatic heterocycles. The van der Waals surface area contributed by atoms with Crippen molar-refractivity contribution < 1.29 is 19.8 Å². The van der Waals surface area contributed by atoms with Crippen molar-refractivity contribution in [2.75, 3.05) is 27.7 Å². The van der Waals surface area contributed by atoms with Gasteiger partial charge in [0.05, 0.1) is 6.04 Å². The summed E-state index contributed by atoms with van der Waals surface area (Å²) in [6, 6.07) is 2.71. The topological polar surface area (TPSA) is 94.0 Å². The number of carbonyl (C=O) groups is 2. The van der Waals surface area contributed by atoms with Gasteiger partial charge in [-0.3, -0.25) is 14.8 Å². The molecule has 2 heterocycles. The molecule has 2 unspecified atom stereocenters. The molecule has 0 aliphatic carbocycles. The van der Waals surface area contributed by atoms with Crippen LogP contribution in [-0.2, 0) is 9.59 Å². The van der Waals surface area contributed by atoms with Crippen LogP contribution in [0.15, 0.2) is 30.6 Å². The Bertz CT molecular complexity index is 678. The summed E-state index contributed by atoms with van der Waals surface area (Å²) in [5, 5.41) is 15.6. The fourth-order valence-electron chi connectivity index (χ4n) is 2.83. The minimum absolute atomic E-state index is 0.00385. The minimum Gasteiger partial charge on any atom is -0.478 e. The third-order valence-electron chi connectivity index (χ3n) is 4.04. The molecule has 2 rings (SSSR count). The predicted octanol–water partition coefficient (Wildman–Crippen LogP) is 1.80. The highest BCUT2D eigenvalue weighted by Crippen LogP contribution is 2.31. The first-order chi connectivity index (χ1) is 12.3. The van der Waals surface area contributed by atoms with Crippen molar-refractivity contribution in [3.63, 3.8) is 0 Å². The standard InChI is InChI=1S/C15H21N3.C4H4O4/c1-5-14(17(2)3)12-9-13(11-16-10-12)15-7-6-8-18(15)4;5-3(6)1-2-4(7)8/h1,9-11,14-15H,6-8H2,2-4H3;1-2H,(H,5,6)(H,7,8). The zero-order valence-electron chi connectivity index (χ0n) is 15.3. The van der Waals surface area contributed by atoms with Crippen LogP contribution >= 0.6 is 0 Å². The lowest BCUT2D eigenvalue weighted by Crippen LogP contribution is -2.20. The monoisotopic (exact) mass is 359 g/mol. The van der Waals surface area contributed by atoms with Gasteiger partial charge in [0.25, 0.3) is 0 Å². The second-order valence-corrected chi connectivity index (χ2v) is 6.23. The highest BCUT2D eigenvalue weighted by atomic mass is 16.4. The molecule has 2 atom stereocenters. The molecule has 140 valence electrons. The summed E-state index contributed by atoms with van der Waals surface area (Å²) in [7, 11) is 6.17. The molecule has 1 aromatic rings. The number of rotatable bonds is 5. The van der Waals surface area contributed by atoms with E-state index in [-0.39, 0.29) is 6.04 Å². The van der Waals surface area contributed by atoms with Gasteiger partial charge in [0.2, 0.25) is 0 Å². The summed E-state index contributed by atoms with van der Waals surface area (Å²) < 4.78 is 0. The Morgan fingerprint density at radius 3 is 2.38 bits per heavy atom. The van der Waals surface area contributed by atoms with Gasteiger partial charge in [0.15, 0.2) is 0 Å². The Morgan fingerprint density at radius 2 is 1.96 bits per heavy atom. The molecule has 26 heavy (non-hydrogen) atoms. The predicted molar refractivity (Wildman–Crippen MR) is 98.5 cm³/mol. The molecule has 0 spiro atoms. The van der Waals surface area contributed by atoms with Gasteiger partial charge in [-0.15, -0.1) is 6.42 Å². The fourth-order valence-corrected chi connectivity index (χ4v) is 2.83. The largest absolute Gasteiger partial charge is 0.478 e. The van der Waals surface area contributed by atoms with E-state index in [0.29, 0.717) is 18.2 Å². The van der Waals surface area contributed by atoms with Crippen LogP contribution in [0.5, 0.6) is 0 Å². The van der Waals surface area contributed by atoms with Gasteiger partial charge in [-0.2, -0.15) is 0 Å². The van der Waals surface area contributed by atoms with Crippen molar-refractivity contribution in [2.24, 2.45) is 0 Å². The molecule has 0 amide bonds.